The Morgan fingerprint density at radius 2 is 0.620 bits per heavy atom. The van der Waals surface area contributed by atoms with Crippen molar-refractivity contribution < 1.29 is 138 Å². The van der Waals surface area contributed by atoms with Crippen LogP contribution in [0.25, 0.3) is 5.41 Å². The third-order valence-corrected chi connectivity index (χ3v) is 33.4. The molecule has 0 bridgehead atoms. The summed E-state index contributed by atoms with van der Waals surface area (Å²) in [6, 6.07) is 79.2. The molecule has 0 radical (unpaired) electrons. The zero-order chi connectivity index (χ0) is 102. The maximum atomic E-state index is 7.44. The Morgan fingerprint density at radius 1 is 0.360 bits per heavy atom. The fourth-order valence-electron chi connectivity index (χ4n) is 20.0. The van der Waals surface area contributed by atoms with E-state index < -0.39 is 16.0 Å². The predicted octanol–water partition coefficient (Wildman–Crippen LogP) is 35.6. The minimum Gasteiger partial charge on any atom is -0.0620 e. The monoisotopic (exact) mass is 2590 g/mol. The van der Waals surface area contributed by atoms with Crippen molar-refractivity contribution in [1.29, 1.82) is 0 Å². The van der Waals surface area contributed by atoms with Crippen LogP contribution < -0.4 is 21.2 Å². The third-order valence-electron chi connectivity index (χ3n) is 27.7. The Bertz CT molecular complexity index is 4500. The summed E-state index contributed by atoms with van der Waals surface area (Å²) in [6.07, 6.45) is 51.0. The first kappa shape index (κ1) is 156. The maximum absolute atomic E-state index is 7.44. The topological polar surface area (TPSA) is 104 Å². The molecular weight excluding hydrogens is 2400 g/mol. The van der Waals surface area contributed by atoms with Crippen molar-refractivity contribution in [3.63, 3.8) is 0 Å². The van der Waals surface area contributed by atoms with Gasteiger partial charge >= 0.3 is 90.4 Å². The predicted molar refractivity (Wildman–Crippen MR) is 648 cm³/mol. The second-order valence-corrected chi connectivity index (χ2v) is 51.8. The Hall–Kier alpha value is -2.57. The van der Waals surface area contributed by atoms with Gasteiger partial charge in [0, 0.05) is 158 Å². The van der Waals surface area contributed by atoms with Crippen LogP contribution in [-0.4, -0.2) is 111 Å². The van der Waals surface area contributed by atoms with E-state index in [1.54, 1.807) is 6.92 Å². The van der Waals surface area contributed by atoms with Crippen LogP contribution in [0.15, 0.2) is 244 Å². The molecular formula is C127H190Cl2Fe4N9Ni2PPd2S2Si-2. The van der Waals surface area contributed by atoms with Crippen molar-refractivity contribution in [2.45, 2.75) is 347 Å². The van der Waals surface area contributed by atoms with Gasteiger partial charge in [-0.25, -0.2) is 6.21 Å². The number of rotatable bonds is 22. The minimum absolute atomic E-state index is 0. The third kappa shape index (κ3) is 59.7. The molecule has 0 aliphatic heterocycles. The van der Waals surface area contributed by atoms with Crippen molar-refractivity contribution in [1.82, 2.24) is 19.8 Å². The summed E-state index contributed by atoms with van der Waals surface area (Å²) in [5.74, 6) is 7.07. The second-order valence-electron chi connectivity index (χ2n) is 43.1. The van der Waals surface area contributed by atoms with Crippen molar-refractivity contribution in [2.75, 3.05) is 41.3 Å². The number of halogens is 2. The Morgan fingerprint density at radius 3 is 0.887 bits per heavy atom. The summed E-state index contributed by atoms with van der Waals surface area (Å²) in [5.41, 5.74) is 13.7. The van der Waals surface area contributed by atoms with Gasteiger partial charge in [0.2, 0.25) is 0 Å². The first-order valence-corrected chi connectivity index (χ1v) is 62.0. The van der Waals surface area contributed by atoms with Gasteiger partial charge in [0.05, 0.1) is 30.7 Å². The van der Waals surface area contributed by atoms with Gasteiger partial charge in [0.25, 0.3) is 0 Å². The van der Waals surface area contributed by atoms with Crippen molar-refractivity contribution >= 4 is 137 Å². The Labute approximate surface area is 1030 Å². The van der Waals surface area contributed by atoms with Gasteiger partial charge in [-0.05, 0) is 247 Å². The number of aliphatic imine (C=N–C) groups is 4. The fraction of sp³-hybridized carbons (Fsp3) is 0.520. The van der Waals surface area contributed by atoms with Gasteiger partial charge < -0.3 is 70.2 Å². The Balaban J connectivity index is -0.000000532. The summed E-state index contributed by atoms with van der Waals surface area (Å²) in [6.45, 7) is 35.8. The number of hydrogen-bond donors (Lipinski definition) is 0. The maximum Gasteiger partial charge on any atom is 2.00 e. The van der Waals surface area contributed by atoms with E-state index in [0.29, 0.717) is 69.7 Å². The number of pyridine rings is 2. The van der Waals surface area contributed by atoms with Crippen LogP contribution >= 0.6 is 28.3 Å². The number of aromatic nitrogens is 2. The van der Waals surface area contributed by atoms with Crippen molar-refractivity contribution in [3.8, 4) is 0 Å². The van der Waals surface area contributed by atoms with Crippen LogP contribution in [-0.2, 0) is 169 Å². The zero-order valence-corrected chi connectivity index (χ0v) is 110. The van der Waals surface area contributed by atoms with Crippen LogP contribution in [0.3, 0.4) is 0 Å². The summed E-state index contributed by atoms with van der Waals surface area (Å²) in [4.78, 5) is 33.8. The van der Waals surface area contributed by atoms with Crippen molar-refractivity contribution in [2.24, 2.45) is 55.5 Å². The summed E-state index contributed by atoms with van der Waals surface area (Å²) in [5, 5.41) is 13.8. The van der Waals surface area contributed by atoms with Crippen LogP contribution in [0, 0.1) is 65.2 Å². The summed E-state index contributed by atoms with van der Waals surface area (Å²) < 4.78 is 0. The molecule has 852 valence electrons. The van der Waals surface area contributed by atoms with E-state index >= 15 is 0 Å². The van der Waals surface area contributed by atoms with Crippen LogP contribution in [0.4, 0.5) is 22.7 Å². The molecule has 8 aliphatic rings. The smallest absolute Gasteiger partial charge is 0.0620 e. The molecule has 9 aromatic rings. The molecule has 150 heavy (non-hydrogen) atoms. The number of benzene rings is 7. The molecule has 9 nitrogen and oxygen atoms in total. The van der Waals surface area contributed by atoms with Gasteiger partial charge in [-0.15, -0.1) is 0 Å². The van der Waals surface area contributed by atoms with E-state index in [1.165, 1.54) is 278 Å². The zero-order valence-electron chi connectivity index (χ0n) is 95.2. The van der Waals surface area contributed by atoms with E-state index in [-0.39, 0.29) is 144 Å². The molecule has 8 aliphatic carbocycles. The average molecular weight is 2590 g/mol. The molecule has 2 aromatic heterocycles. The summed E-state index contributed by atoms with van der Waals surface area (Å²) in [7, 11) is 15.0. The molecule has 8 saturated carbocycles. The molecule has 7 aromatic carbocycles. The van der Waals surface area contributed by atoms with Gasteiger partial charge in [0.1, 0.15) is 24.0 Å². The molecule has 0 N–H and O–H groups in total. The molecule has 0 saturated heterocycles. The van der Waals surface area contributed by atoms with Crippen molar-refractivity contribution in [3.05, 3.63) is 299 Å². The molecule has 8 fully saturated rings. The molecule has 0 amide bonds. The van der Waals surface area contributed by atoms with E-state index in [0.717, 1.165) is 29.4 Å². The number of para-hydroxylation sites is 4. The molecule has 8 atom stereocenters. The standard InChI is InChI=1S/C21H26N2.C20H26N2Si.2C18H27NS.C18H15P.2C8H17N.2C5H10.C2H4N.4CH3.2ClH.4Fe.2Ni.2Pd/c1-21(2,3)20-14-8-13-19(23-20)18-12-7-9-16(18)15-22-17-10-5-4-6-11-17;1-23(2,3)20-14-8-13-19(22-20)18-12-7-9-16(18)15-21-17-10-5-4-6-11-17;2*1-12(2)15-8-6-9-16(13(3)4)18(15)19-11-14-7-5-10-17(14)20;1-4-10-16(11-5-1)19(17-12-6-2-7-13-17)18-14-8-3-9-15-18;2*1-9(2)7-8-5-3-4-6-8;2*1-2-4-5-3-1;1-2-3;;;;;;;;;;;;;;/h2*4-6,8,10-11,13-16,18H,7,9,12H2,1-3H3;2*6,8-9,11-14,17,20H,5,7,10H2,1-4H3;1-15H;2*8H,3-7H2,1-2H3;2*1-5H2;2H,1H3;4*1H3;2*1H;;;;;;;;/q;;;;;;;;;5*-1;;;;;;;2*+1;2*+2/p-3. The molecule has 0 spiro atoms. The largest absolute Gasteiger partial charge is 2.00 e. The fourth-order valence-corrected chi connectivity index (χ4v) is 24.4. The molecule has 23 heteroatoms. The summed E-state index contributed by atoms with van der Waals surface area (Å²) >= 11 is 17.7. The van der Waals surface area contributed by atoms with E-state index in [1.807, 2.05) is 36.4 Å². The normalized spacial score (nSPS) is 18.7. The quantitative estimate of drug-likeness (QED) is 0.0220. The molecule has 8 unspecified atom stereocenters. The van der Waals surface area contributed by atoms with Crippen LogP contribution in [0.5, 0.6) is 0 Å². The first-order valence-electron chi connectivity index (χ1n) is 53.3. The van der Waals surface area contributed by atoms with E-state index in [2.05, 4.69) is 401 Å². The van der Waals surface area contributed by atoms with E-state index in [4.69, 9.17) is 55.6 Å². The minimum atomic E-state index is -1.35. The number of hydrogen-bond acceptors (Lipinski definition) is 10. The molecule has 17 rings (SSSR count). The Kier molecular flexibility index (Phi) is 93.6. The second kappa shape index (κ2) is 90.1. The van der Waals surface area contributed by atoms with Crippen LogP contribution in [0.2, 0.25) is 19.6 Å². The first-order chi connectivity index (χ1) is 67.5. The van der Waals surface area contributed by atoms with Gasteiger partial charge in [-0.3, -0.25) is 29.9 Å². The van der Waals surface area contributed by atoms with Gasteiger partial charge in [-0.2, -0.15) is 10.5 Å². The average Bonchev–Trinajstić information content (AvgIpc) is 1.80. The van der Waals surface area contributed by atoms with E-state index in [9.17, 15) is 0 Å². The molecule has 2 heterocycles. The van der Waals surface area contributed by atoms with Gasteiger partial charge in [0.15, 0.2) is 0 Å². The number of nitrogens with zero attached hydrogens (tertiary/aromatic N) is 9. The van der Waals surface area contributed by atoms with Crippen LogP contribution in [0.1, 0.15) is 351 Å². The SMILES string of the molecule is C1CCCC1.C1CCCC1.CC(C)(C)c1cccc(C2CCCC2C=Nc2ccccc2)n1.CC(C)c1cccc(C(C)C)c1N=CC1CCCC1[S-].CC(C)c1cccc(C(C)C)c1N=CC1CCCC1[S-].CC=[N-].CN(C)CC1CCCC1.CN(C)CC1CCCC1.C[Si](C)(C)c1cccc(C2CCCC2C=Nc2ccccc2)n1.[CH3-].[CH3-].[CH3-].[CH3-].[Cl][Ni].[Cl][Ni].[Fe].[Fe].[Fe].[Fe].[Pd+2].[Pd+2].c1ccc([PH+](c2ccccc2)c2ccccc2)cc1. The van der Waals surface area contributed by atoms with Gasteiger partial charge in [-0.1, -0.05) is 371 Å².